The van der Waals surface area contributed by atoms with Crippen molar-refractivity contribution in [2.45, 2.75) is 6.18 Å². The van der Waals surface area contributed by atoms with Gasteiger partial charge in [0.25, 0.3) is 0 Å². The van der Waals surface area contributed by atoms with E-state index in [4.69, 9.17) is 5.73 Å². The van der Waals surface area contributed by atoms with Crippen LogP contribution in [0.25, 0.3) is 11.5 Å². The van der Waals surface area contributed by atoms with Crippen molar-refractivity contribution in [3.63, 3.8) is 0 Å². The Morgan fingerprint density at radius 3 is 2.31 bits per heavy atom. The number of hydrogen-bond acceptors (Lipinski definition) is 7. The zero-order valence-corrected chi connectivity index (χ0v) is 14.9. The molecule has 0 bridgehead atoms. The summed E-state index contributed by atoms with van der Waals surface area (Å²) in [6.07, 6.45) is -4.73. The number of alkyl halides is 3. The highest BCUT2D eigenvalue weighted by atomic mass is 19.4. The Morgan fingerprint density at radius 1 is 1.00 bits per heavy atom. The fourth-order valence-corrected chi connectivity index (χ4v) is 2.47. The van der Waals surface area contributed by atoms with Crippen molar-refractivity contribution in [3.05, 3.63) is 48.0 Å². The third kappa shape index (κ3) is 5.03. The first kappa shape index (κ1) is 20.2. The lowest BCUT2D eigenvalue weighted by atomic mass is 10.2. The smallest absolute Gasteiger partial charge is 0.373 e. The van der Waals surface area contributed by atoms with Gasteiger partial charge >= 0.3 is 6.18 Å². The van der Waals surface area contributed by atoms with Gasteiger partial charge < -0.3 is 16.0 Å². The summed E-state index contributed by atoms with van der Waals surface area (Å²) >= 11 is 0. The minimum atomic E-state index is -4.73. The Morgan fingerprint density at radius 2 is 1.69 bits per heavy atom. The molecule has 0 spiro atoms. The maximum absolute atomic E-state index is 13.6. The van der Waals surface area contributed by atoms with Gasteiger partial charge in [0.1, 0.15) is 29.7 Å². The number of halogens is 5. The highest BCUT2D eigenvalue weighted by Crippen LogP contribution is 2.30. The van der Waals surface area contributed by atoms with Gasteiger partial charge in [0.2, 0.25) is 11.9 Å². The van der Waals surface area contributed by atoms with Gasteiger partial charge in [-0.2, -0.15) is 28.1 Å². The van der Waals surface area contributed by atoms with Crippen LogP contribution in [0, 0.1) is 11.6 Å². The van der Waals surface area contributed by atoms with E-state index in [2.05, 4.69) is 25.3 Å². The van der Waals surface area contributed by atoms with Crippen molar-refractivity contribution in [3.8, 4) is 11.5 Å². The van der Waals surface area contributed by atoms with Gasteiger partial charge in [-0.15, -0.1) is 0 Å². The van der Waals surface area contributed by atoms with Crippen LogP contribution in [-0.2, 0) is 0 Å². The van der Waals surface area contributed by atoms with Gasteiger partial charge in [-0.25, -0.2) is 13.8 Å². The Kier molecular flexibility index (Phi) is 5.43. The average molecular weight is 411 g/mol. The molecule has 0 saturated carbocycles. The van der Waals surface area contributed by atoms with E-state index in [0.29, 0.717) is 16.8 Å². The molecule has 29 heavy (non-hydrogen) atoms. The molecular weight excluding hydrogens is 397 g/mol. The standard InChI is InChI=1S/C17H14F5N7/c1-24-13-4-2-3-12(25-13)14-26-15(23)28-16(27-14)29(8-17(20,21)22)11-6-9(18)5-10(19)7-11/h2-7H,8H2,1H3,(H,24,25)(H2,23,26,27,28). The molecule has 0 radical (unpaired) electrons. The van der Waals surface area contributed by atoms with Crippen LogP contribution < -0.4 is 16.0 Å². The summed E-state index contributed by atoms with van der Waals surface area (Å²) in [6.45, 7) is -1.61. The van der Waals surface area contributed by atoms with Crippen molar-refractivity contribution in [2.75, 3.05) is 29.5 Å². The van der Waals surface area contributed by atoms with Crippen LogP contribution in [0.3, 0.4) is 0 Å². The summed E-state index contributed by atoms with van der Waals surface area (Å²) < 4.78 is 66.6. The van der Waals surface area contributed by atoms with Crippen molar-refractivity contribution >= 4 is 23.4 Å². The average Bonchev–Trinajstić information content (AvgIpc) is 2.64. The van der Waals surface area contributed by atoms with Gasteiger partial charge in [-0.05, 0) is 24.3 Å². The lowest BCUT2D eigenvalue weighted by Gasteiger charge is -2.24. The zero-order valence-electron chi connectivity index (χ0n) is 14.9. The number of nitrogens with zero attached hydrogens (tertiary/aromatic N) is 5. The number of hydrogen-bond donors (Lipinski definition) is 2. The molecule has 0 atom stereocenters. The molecule has 0 aliphatic heterocycles. The van der Waals surface area contributed by atoms with E-state index in [-0.39, 0.29) is 17.5 Å². The van der Waals surface area contributed by atoms with Crippen LogP contribution in [0.4, 0.5) is 45.4 Å². The highest BCUT2D eigenvalue weighted by Gasteiger charge is 2.33. The fraction of sp³-hybridized carbons (Fsp3) is 0.176. The summed E-state index contributed by atoms with van der Waals surface area (Å²) in [5.41, 5.74) is 5.42. The predicted octanol–water partition coefficient (Wildman–Crippen LogP) is 3.54. The molecule has 0 amide bonds. The lowest BCUT2D eigenvalue weighted by molar-refractivity contribution is -0.118. The van der Waals surface area contributed by atoms with Gasteiger partial charge in [0.05, 0.1) is 5.69 Å². The molecule has 0 unspecified atom stereocenters. The van der Waals surface area contributed by atoms with Crippen LogP contribution in [0.1, 0.15) is 0 Å². The Balaban J connectivity index is 2.13. The number of benzene rings is 1. The zero-order chi connectivity index (χ0) is 21.2. The van der Waals surface area contributed by atoms with Gasteiger partial charge in [0, 0.05) is 13.1 Å². The number of aromatic nitrogens is 4. The van der Waals surface area contributed by atoms with Gasteiger partial charge in [0.15, 0.2) is 5.82 Å². The summed E-state index contributed by atoms with van der Waals surface area (Å²) in [4.78, 5) is 16.3. The number of nitrogens with one attached hydrogen (secondary N) is 1. The minimum absolute atomic E-state index is 0.103. The van der Waals surface area contributed by atoms with Crippen LogP contribution in [0.15, 0.2) is 36.4 Å². The Hall–Kier alpha value is -3.57. The normalized spacial score (nSPS) is 11.4. The predicted molar refractivity (Wildman–Crippen MR) is 96.4 cm³/mol. The molecule has 2 heterocycles. The summed E-state index contributed by atoms with van der Waals surface area (Å²) in [5, 5.41) is 2.80. The van der Waals surface area contributed by atoms with Gasteiger partial charge in [-0.1, -0.05) is 6.07 Å². The van der Waals surface area contributed by atoms with Gasteiger partial charge in [-0.3, -0.25) is 0 Å². The third-order valence-corrected chi connectivity index (χ3v) is 3.61. The molecular formula is C17H14F5N7. The van der Waals surface area contributed by atoms with Crippen molar-refractivity contribution in [2.24, 2.45) is 0 Å². The van der Waals surface area contributed by atoms with E-state index in [1.165, 1.54) is 6.07 Å². The number of nitrogen functional groups attached to an aromatic ring is 1. The monoisotopic (exact) mass is 411 g/mol. The summed E-state index contributed by atoms with van der Waals surface area (Å²) in [5.74, 6) is -2.68. The van der Waals surface area contributed by atoms with Crippen molar-refractivity contribution < 1.29 is 22.0 Å². The van der Waals surface area contributed by atoms with E-state index >= 15 is 0 Å². The first-order chi connectivity index (χ1) is 13.6. The Labute approximate surface area is 161 Å². The second-order valence-electron chi connectivity index (χ2n) is 5.80. The molecule has 3 aromatic rings. The second-order valence-corrected chi connectivity index (χ2v) is 5.80. The molecule has 1 aromatic carbocycles. The number of nitrogens with two attached hydrogens (primary N) is 1. The van der Waals surface area contributed by atoms with Crippen molar-refractivity contribution in [1.29, 1.82) is 0 Å². The topological polar surface area (TPSA) is 92.8 Å². The molecule has 0 aliphatic rings. The molecule has 7 nitrogen and oxygen atoms in total. The first-order valence-electron chi connectivity index (χ1n) is 8.12. The molecule has 152 valence electrons. The number of rotatable bonds is 5. The van der Waals surface area contributed by atoms with Crippen LogP contribution in [0.2, 0.25) is 0 Å². The summed E-state index contributed by atoms with van der Waals surface area (Å²) in [7, 11) is 1.63. The molecule has 2 aromatic heterocycles. The SMILES string of the molecule is CNc1cccc(-c2nc(N)nc(N(CC(F)(F)F)c3cc(F)cc(F)c3)n2)n1. The summed E-state index contributed by atoms with van der Waals surface area (Å²) in [6, 6.07) is 6.80. The molecule has 0 aliphatic carbocycles. The maximum atomic E-state index is 13.6. The van der Waals surface area contributed by atoms with E-state index in [1.807, 2.05) is 0 Å². The third-order valence-electron chi connectivity index (χ3n) is 3.61. The van der Waals surface area contributed by atoms with E-state index in [0.717, 1.165) is 12.1 Å². The Bertz CT molecular complexity index is 1010. The van der Waals surface area contributed by atoms with Crippen LogP contribution in [-0.4, -0.2) is 39.7 Å². The molecule has 12 heteroatoms. The van der Waals surface area contributed by atoms with E-state index in [1.54, 1.807) is 19.2 Å². The second kappa shape index (κ2) is 7.81. The number of anilines is 4. The lowest BCUT2D eigenvalue weighted by Crippen LogP contribution is -2.32. The quantitative estimate of drug-likeness (QED) is 0.621. The molecule has 3 N–H and O–H groups in total. The highest BCUT2D eigenvalue weighted by molar-refractivity contribution is 5.62. The molecule has 0 saturated heterocycles. The minimum Gasteiger partial charge on any atom is -0.373 e. The van der Waals surface area contributed by atoms with Crippen molar-refractivity contribution in [1.82, 2.24) is 19.9 Å². The van der Waals surface area contributed by atoms with Crippen LogP contribution >= 0.6 is 0 Å². The molecule has 3 rings (SSSR count). The number of pyridine rings is 1. The fourth-order valence-electron chi connectivity index (χ4n) is 2.47. The first-order valence-corrected chi connectivity index (χ1v) is 8.12. The van der Waals surface area contributed by atoms with E-state index in [9.17, 15) is 22.0 Å². The molecule has 0 fully saturated rings. The maximum Gasteiger partial charge on any atom is 0.406 e. The van der Waals surface area contributed by atoms with E-state index < -0.39 is 36.0 Å². The largest absolute Gasteiger partial charge is 0.406 e. The van der Waals surface area contributed by atoms with Crippen LogP contribution in [0.5, 0.6) is 0 Å².